The summed E-state index contributed by atoms with van der Waals surface area (Å²) in [5, 5.41) is 1.52. The van der Waals surface area contributed by atoms with Gasteiger partial charge in [-0.2, -0.15) is 4.31 Å². The lowest BCUT2D eigenvalue weighted by Crippen LogP contribution is -2.59. The molecule has 0 aliphatic carbocycles. The summed E-state index contributed by atoms with van der Waals surface area (Å²) in [5.41, 5.74) is -0.577. The van der Waals surface area contributed by atoms with Crippen molar-refractivity contribution in [1.29, 1.82) is 0 Å². The van der Waals surface area contributed by atoms with Gasteiger partial charge in [0.05, 0.1) is 30.3 Å². The number of hydrogen-bond donors (Lipinski definition) is 0. The van der Waals surface area contributed by atoms with E-state index >= 15 is 0 Å². The second kappa shape index (κ2) is 5.52. The van der Waals surface area contributed by atoms with Gasteiger partial charge in [0.15, 0.2) is 0 Å². The molecule has 7 heteroatoms. The third kappa shape index (κ3) is 2.35. The maximum atomic E-state index is 13.4. The lowest BCUT2D eigenvalue weighted by molar-refractivity contribution is -0.0292. The summed E-state index contributed by atoms with van der Waals surface area (Å²) in [4.78, 5) is 4.40. The Labute approximate surface area is 135 Å². The highest BCUT2D eigenvalue weighted by Crippen LogP contribution is 2.35. The molecule has 23 heavy (non-hydrogen) atoms. The van der Waals surface area contributed by atoms with Gasteiger partial charge in [-0.3, -0.25) is 4.98 Å². The maximum absolute atomic E-state index is 13.4. The van der Waals surface area contributed by atoms with E-state index in [4.69, 9.17) is 9.47 Å². The zero-order valence-electron chi connectivity index (χ0n) is 12.6. The van der Waals surface area contributed by atoms with E-state index in [0.29, 0.717) is 49.7 Å². The monoisotopic (exact) mass is 334 g/mol. The van der Waals surface area contributed by atoms with Gasteiger partial charge in [-0.15, -0.1) is 0 Å². The first-order chi connectivity index (χ1) is 11.1. The molecule has 1 spiro atoms. The van der Waals surface area contributed by atoms with Crippen LogP contribution in [0.3, 0.4) is 0 Å². The lowest BCUT2D eigenvalue weighted by atomic mass is 9.99. The first-order valence-corrected chi connectivity index (χ1v) is 9.09. The number of morpholine rings is 1. The fourth-order valence-electron chi connectivity index (χ4n) is 3.44. The molecule has 2 aromatic rings. The van der Waals surface area contributed by atoms with Crippen LogP contribution in [-0.4, -0.2) is 56.2 Å². The third-order valence-corrected chi connectivity index (χ3v) is 6.69. The van der Waals surface area contributed by atoms with Gasteiger partial charge < -0.3 is 9.47 Å². The van der Waals surface area contributed by atoms with Crippen LogP contribution in [0.5, 0.6) is 0 Å². The van der Waals surface area contributed by atoms with Crippen molar-refractivity contribution in [2.45, 2.75) is 16.9 Å². The van der Waals surface area contributed by atoms with E-state index in [1.165, 1.54) is 0 Å². The van der Waals surface area contributed by atoms with Gasteiger partial charge in [0, 0.05) is 36.3 Å². The Bertz CT molecular complexity index is 826. The quantitative estimate of drug-likeness (QED) is 0.831. The molecule has 0 radical (unpaired) electrons. The van der Waals surface area contributed by atoms with Gasteiger partial charge in [-0.05, 0) is 18.6 Å². The van der Waals surface area contributed by atoms with Crippen molar-refractivity contribution in [1.82, 2.24) is 9.29 Å². The number of rotatable bonds is 2. The molecule has 1 aromatic heterocycles. The standard InChI is InChI=1S/C16H18N2O4S/c19-23(20,15-3-1-2-13-10-17-6-4-14(13)15)18-7-9-22-12-16(18)5-8-21-11-16/h1-4,6,10H,5,7-9,11-12H2. The number of aromatic nitrogens is 1. The molecule has 0 N–H and O–H groups in total. The van der Waals surface area contributed by atoms with Crippen molar-refractivity contribution in [3.63, 3.8) is 0 Å². The molecule has 4 rings (SSSR count). The lowest BCUT2D eigenvalue weighted by Gasteiger charge is -2.42. The molecule has 0 bridgehead atoms. The first kappa shape index (κ1) is 15.0. The van der Waals surface area contributed by atoms with Gasteiger partial charge in [-0.1, -0.05) is 12.1 Å². The number of hydrogen-bond acceptors (Lipinski definition) is 5. The van der Waals surface area contributed by atoms with Crippen molar-refractivity contribution in [2.24, 2.45) is 0 Å². The third-order valence-electron chi connectivity index (χ3n) is 4.63. The fraction of sp³-hybridized carbons (Fsp3) is 0.438. The maximum Gasteiger partial charge on any atom is 0.244 e. The molecule has 2 aliphatic rings. The fourth-order valence-corrected chi connectivity index (χ4v) is 5.41. The molecule has 2 saturated heterocycles. The van der Waals surface area contributed by atoms with E-state index < -0.39 is 15.6 Å². The molecule has 2 fully saturated rings. The Morgan fingerprint density at radius 1 is 1.13 bits per heavy atom. The Balaban J connectivity index is 1.85. The summed E-state index contributed by atoms with van der Waals surface area (Å²) in [6.07, 6.45) is 3.97. The Hall–Kier alpha value is -1.54. The van der Waals surface area contributed by atoms with Crippen molar-refractivity contribution < 1.29 is 17.9 Å². The highest BCUT2D eigenvalue weighted by Gasteiger charge is 2.49. The smallest absolute Gasteiger partial charge is 0.244 e. The summed E-state index contributed by atoms with van der Waals surface area (Å²) in [6.45, 7) is 2.10. The normalized spacial score (nSPS) is 26.1. The highest BCUT2D eigenvalue weighted by atomic mass is 32.2. The van der Waals surface area contributed by atoms with Crippen LogP contribution in [0.15, 0.2) is 41.6 Å². The van der Waals surface area contributed by atoms with Gasteiger partial charge >= 0.3 is 0 Å². The van der Waals surface area contributed by atoms with E-state index in [-0.39, 0.29) is 0 Å². The van der Waals surface area contributed by atoms with Crippen LogP contribution in [0, 0.1) is 0 Å². The van der Waals surface area contributed by atoms with E-state index in [2.05, 4.69) is 4.98 Å². The van der Waals surface area contributed by atoms with E-state index in [1.54, 1.807) is 34.9 Å². The Kier molecular flexibility index (Phi) is 3.60. The predicted octanol–water partition coefficient (Wildman–Crippen LogP) is 1.41. The highest BCUT2D eigenvalue weighted by molar-refractivity contribution is 7.89. The van der Waals surface area contributed by atoms with Crippen LogP contribution in [0.4, 0.5) is 0 Å². The van der Waals surface area contributed by atoms with E-state index in [9.17, 15) is 8.42 Å². The van der Waals surface area contributed by atoms with Crippen LogP contribution in [0.2, 0.25) is 0 Å². The van der Waals surface area contributed by atoms with Crippen molar-refractivity contribution in [3.8, 4) is 0 Å². The molecule has 0 amide bonds. The number of benzene rings is 1. The summed E-state index contributed by atoms with van der Waals surface area (Å²) in [5.74, 6) is 0. The summed E-state index contributed by atoms with van der Waals surface area (Å²) in [7, 11) is -3.63. The van der Waals surface area contributed by atoms with E-state index in [0.717, 1.165) is 5.39 Å². The number of sulfonamides is 1. The summed E-state index contributed by atoms with van der Waals surface area (Å²) >= 11 is 0. The SMILES string of the molecule is O=S(=O)(c1cccc2cnccc12)N1CCOCC12CCOC2. The minimum absolute atomic E-state index is 0.325. The molecule has 2 aliphatic heterocycles. The summed E-state index contributed by atoms with van der Waals surface area (Å²) < 4.78 is 39.4. The largest absolute Gasteiger partial charge is 0.379 e. The minimum atomic E-state index is -3.63. The predicted molar refractivity (Wildman–Crippen MR) is 84.6 cm³/mol. The Morgan fingerprint density at radius 3 is 2.74 bits per heavy atom. The average molecular weight is 334 g/mol. The molecular formula is C16H18N2O4S. The second-order valence-electron chi connectivity index (χ2n) is 6.01. The van der Waals surface area contributed by atoms with Gasteiger partial charge in [0.25, 0.3) is 0 Å². The van der Waals surface area contributed by atoms with Crippen LogP contribution in [-0.2, 0) is 19.5 Å². The number of nitrogens with zero attached hydrogens (tertiary/aromatic N) is 2. The topological polar surface area (TPSA) is 68.7 Å². The molecule has 3 heterocycles. The molecule has 1 unspecified atom stereocenters. The Morgan fingerprint density at radius 2 is 1.96 bits per heavy atom. The molecule has 122 valence electrons. The van der Waals surface area contributed by atoms with Gasteiger partial charge in [0.2, 0.25) is 10.0 Å². The molecular weight excluding hydrogens is 316 g/mol. The van der Waals surface area contributed by atoms with Crippen molar-refractivity contribution in [2.75, 3.05) is 33.0 Å². The molecule has 0 saturated carbocycles. The van der Waals surface area contributed by atoms with E-state index in [1.807, 2.05) is 6.07 Å². The summed E-state index contributed by atoms with van der Waals surface area (Å²) in [6, 6.07) is 7.04. The number of fused-ring (bicyclic) bond motifs is 1. The second-order valence-corrected chi connectivity index (χ2v) is 7.84. The van der Waals surface area contributed by atoms with Crippen LogP contribution >= 0.6 is 0 Å². The van der Waals surface area contributed by atoms with Crippen LogP contribution in [0.1, 0.15) is 6.42 Å². The van der Waals surface area contributed by atoms with Crippen molar-refractivity contribution >= 4 is 20.8 Å². The molecule has 1 atom stereocenters. The van der Waals surface area contributed by atoms with Crippen LogP contribution < -0.4 is 0 Å². The van der Waals surface area contributed by atoms with Crippen LogP contribution in [0.25, 0.3) is 10.8 Å². The van der Waals surface area contributed by atoms with Gasteiger partial charge in [-0.25, -0.2) is 8.42 Å². The zero-order valence-corrected chi connectivity index (χ0v) is 13.5. The minimum Gasteiger partial charge on any atom is -0.379 e. The average Bonchev–Trinajstić information content (AvgIpc) is 3.03. The molecule has 1 aromatic carbocycles. The van der Waals surface area contributed by atoms with Gasteiger partial charge in [0.1, 0.15) is 0 Å². The first-order valence-electron chi connectivity index (χ1n) is 7.65. The number of pyridine rings is 1. The zero-order chi connectivity index (χ0) is 15.9. The van der Waals surface area contributed by atoms with Crippen molar-refractivity contribution in [3.05, 3.63) is 36.7 Å². The molecule has 6 nitrogen and oxygen atoms in total. The number of ether oxygens (including phenoxy) is 2.